The van der Waals surface area contributed by atoms with Crippen LogP contribution in [0.4, 0.5) is 11.5 Å². The molecule has 1 aromatic heterocycles. The summed E-state index contributed by atoms with van der Waals surface area (Å²) in [4.78, 5) is 7.07. The number of hydrogen-bond donors (Lipinski definition) is 1. The predicted molar refractivity (Wildman–Crippen MR) is 88.9 cm³/mol. The highest BCUT2D eigenvalue weighted by atomic mass is 16.5. The van der Waals surface area contributed by atoms with E-state index in [9.17, 15) is 0 Å². The van der Waals surface area contributed by atoms with Gasteiger partial charge in [-0.05, 0) is 37.8 Å². The van der Waals surface area contributed by atoms with Crippen LogP contribution < -0.4 is 15.4 Å². The second-order valence-electron chi connectivity index (χ2n) is 6.35. The Morgan fingerprint density at radius 2 is 2.00 bits per heavy atom. The molecule has 0 aromatic carbocycles. The quantitative estimate of drug-likeness (QED) is 0.864. The van der Waals surface area contributed by atoms with Crippen LogP contribution in [0.25, 0.3) is 0 Å². The molecule has 118 valence electrons. The molecule has 1 heterocycles. The van der Waals surface area contributed by atoms with Gasteiger partial charge in [0, 0.05) is 12.6 Å². The minimum absolute atomic E-state index is 0.468. The van der Waals surface area contributed by atoms with E-state index < -0.39 is 0 Å². The van der Waals surface area contributed by atoms with Gasteiger partial charge in [-0.3, -0.25) is 0 Å². The Hall–Kier alpha value is -1.45. The molecule has 1 aliphatic rings. The van der Waals surface area contributed by atoms with Gasteiger partial charge in [-0.25, -0.2) is 0 Å². The summed E-state index contributed by atoms with van der Waals surface area (Å²) < 4.78 is 5.76. The van der Waals surface area contributed by atoms with Crippen LogP contribution in [0.15, 0.2) is 12.1 Å². The van der Waals surface area contributed by atoms with Crippen molar-refractivity contribution in [2.24, 2.45) is 5.92 Å². The zero-order chi connectivity index (χ0) is 15.2. The number of aromatic nitrogens is 1. The normalized spacial score (nSPS) is 16.2. The molecular weight excluding hydrogens is 262 g/mol. The Kier molecular flexibility index (Phi) is 5.71. The number of nitrogens with zero attached hydrogens (tertiary/aromatic N) is 2. The topological polar surface area (TPSA) is 51.4 Å². The Labute approximate surface area is 128 Å². The number of nitrogen functional groups attached to an aromatic ring is 1. The Balaban J connectivity index is 2.14. The number of hydrogen-bond acceptors (Lipinski definition) is 4. The largest absolute Gasteiger partial charge is 0.476 e. The smallest absolute Gasteiger partial charge is 0.239 e. The molecule has 4 nitrogen and oxygen atoms in total. The molecule has 0 saturated heterocycles. The first-order valence-electron chi connectivity index (χ1n) is 8.27. The zero-order valence-corrected chi connectivity index (χ0v) is 13.6. The lowest BCUT2D eigenvalue weighted by Crippen LogP contribution is -2.37. The molecule has 21 heavy (non-hydrogen) atoms. The summed E-state index contributed by atoms with van der Waals surface area (Å²) in [6.45, 7) is 8.07. The van der Waals surface area contributed by atoms with Gasteiger partial charge in [-0.2, -0.15) is 4.98 Å². The summed E-state index contributed by atoms with van der Waals surface area (Å²) in [7, 11) is 0. The van der Waals surface area contributed by atoms with E-state index in [1.807, 2.05) is 12.1 Å². The van der Waals surface area contributed by atoms with Crippen LogP contribution >= 0.6 is 0 Å². The third kappa shape index (κ3) is 4.26. The SMILES string of the molecule is CCN(c1ccc(N)c(OCC(C)C)n1)C1CCCCC1. The van der Waals surface area contributed by atoms with E-state index in [0.717, 1.165) is 12.4 Å². The Morgan fingerprint density at radius 1 is 1.29 bits per heavy atom. The van der Waals surface area contributed by atoms with E-state index in [0.29, 0.717) is 30.1 Å². The van der Waals surface area contributed by atoms with E-state index in [4.69, 9.17) is 10.5 Å². The van der Waals surface area contributed by atoms with Gasteiger partial charge in [0.15, 0.2) is 0 Å². The van der Waals surface area contributed by atoms with Gasteiger partial charge in [0.05, 0.1) is 12.3 Å². The number of anilines is 2. The number of ether oxygens (including phenoxy) is 1. The highest BCUT2D eigenvalue weighted by molar-refractivity contribution is 5.55. The molecule has 0 atom stereocenters. The van der Waals surface area contributed by atoms with Crippen LogP contribution in [0.2, 0.25) is 0 Å². The first-order valence-corrected chi connectivity index (χ1v) is 8.27. The molecule has 4 heteroatoms. The fourth-order valence-electron chi connectivity index (χ4n) is 2.96. The highest BCUT2D eigenvalue weighted by Gasteiger charge is 2.21. The third-order valence-corrected chi connectivity index (χ3v) is 4.08. The number of nitrogens with two attached hydrogens (primary N) is 1. The van der Waals surface area contributed by atoms with Crippen molar-refractivity contribution in [1.29, 1.82) is 0 Å². The second kappa shape index (κ2) is 7.53. The maximum absolute atomic E-state index is 5.99. The molecule has 0 aliphatic heterocycles. The number of pyridine rings is 1. The molecule has 0 amide bonds. The van der Waals surface area contributed by atoms with E-state index in [2.05, 4.69) is 30.7 Å². The van der Waals surface area contributed by atoms with Gasteiger partial charge in [0.25, 0.3) is 0 Å². The number of rotatable bonds is 6. The van der Waals surface area contributed by atoms with Crippen LogP contribution in [0.5, 0.6) is 5.88 Å². The van der Waals surface area contributed by atoms with Crippen molar-refractivity contribution < 1.29 is 4.74 Å². The van der Waals surface area contributed by atoms with Gasteiger partial charge in [-0.1, -0.05) is 33.1 Å². The molecule has 1 fully saturated rings. The van der Waals surface area contributed by atoms with Gasteiger partial charge >= 0.3 is 0 Å². The minimum atomic E-state index is 0.468. The lowest BCUT2D eigenvalue weighted by atomic mass is 9.94. The standard InChI is InChI=1S/C17H29N3O/c1-4-20(14-8-6-5-7-9-14)16-11-10-15(18)17(19-16)21-12-13(2)3/h10-11,13-14H,4-9,12,18H2,1-3H3. The molecule has 1 saturated carbocycles. The Morgan fingerprint density at radius 3 is 2.62 bits per heavy atom. The van der Waals surface area contributed by atoms with Gasteiger partial charge in [0.2, 0.25) is 5.88 Å². The minimum Gasteiger partial charge on any atom is -0.476 e. The molecule has 1 aliphatic carbocycles. The van der Waals surface area contributed by atoms with Crippen molar-refractivity contribution in [1.82, 2.24) is 4.98 Å². The molecule has 1 aromatic rings. The summed E-state index contributed by atoms with van der Waals surface area (Å²) in [5, 5.41) is 0. The average Bonchev–Trinajstić information content (AvgIpc) is 2.49. The first-order chi connectivity index (χ1) is 10.1. The predicted octanol–water partition coefficient (Wildman–Crippen LogP) is 3.86. The third-order valence-electron chi connectivity index (χ3n) is 4.08. The molecule has 0 bridgehead atoms. The molecule has 2 N–H and O–H groups in total. The van der Waals surface area contributed by atoms with E-state index in [1.165, 1.54) is 32.1 Å². The van der Waals surface area contributed by atoms with Crippen molar-refractivity contribution in [2.75, 3.05) is 23.8 Å². The summed E-state index contributed by atoms with van der Waals surface area (Å²) in [6, 6.07) is 4.55. The monoisotopic (exact) mass is 291 g/mol. The van der Waals surface area contributed by atoms with Gasteiger partial charge in [-0.15, -0.1) is 0 Å². The van der Waals surface area contributed by atoms with Gasteiger partial charge in [0.1, 0.15) is 5.82 Å². The van der Waals surface area contributed by atoms with Gasteiger partial charge < -0.3 is 15.4 Å². The van der Waals surface area contributed by atoms with Crippen molar-refractivity contribution in [3.63, 3.8) is 0 Å². The average molecular weight is 291 g/mol. The molecular formula is C17H29N3O. The van der Waals surface area contributed by atoms with E-state index >= 15 is 0 Å². The van der Waals surface area contributed by atoms with E-state index in [1.54, 1.807) is 0 Å². The summed E-state index contributed by atoms with van der Waals surface area (Å²) in [5.74, 6) is 2.04. The van der Waals surface area contributed by atoms with Crippen LogP contribution in [0, 0.1) is 5.92 Å². The fourth-order valence-corrected chi connectivity index (χ4v) is 2.96. The maximum atomic E-state index is 5.99. The molecule has 0 spiro atoms. The van der Waals surface area contributed by atoms with Crippen LogP contribution in [-0.2, 0) is 0 Å². The lowest BCUT2D eigenvalue weighted by molar-refractivity contribution is 0.263. The first kappa shape index (κ1) is 15.9. The Bertz CT molecular complexity index is 442. The van der Waals surface area contributed by atoms with Crippen molar-refractivity contribution in [3.05, 3.63) is 12.1 Å². The van der Waals surface area contributed by atoms with Crippen molar-refractivity contribution >= 4 is 11.5 Å². The van der Waals surface area contributed by atoms with Crippen molar-refractivity contribution in [2.45, 2.75) is 58.9 Å². The fraction of sp³-hybridized carbons (Fsp3) is 0.706. The van der Waals surface area contributed by atoms with E-state index in [-0.39, 0.29) is 0 Å². The second-order valence-corrected chi connectivity index (χ2v) is 6.35. The molecule has 2 rings (SSSR count). The summed E-state index contributed by atoms with van der Waals surface area (Å²) in [5.41, 5.74) is 6.61. The zero-order valence-electron chi connectivity index (χ0n) is 13.6. The molecule has 0 unspecified atom stereocenters. The van der Waals surface area contributed by atoms with Crippen LogP contribution in [0.1, 0.15) is 52.9 Å². The highest BCUT2D eigenvalue weighted by Crippen LogP contribution is 2.29. The lowest BCUT2D eigenvalue weighted by Gasteiger charge is -2.34. The maximum Gasteiger partial charge on any atom is 0.239 e. The summed E-state index contributed by atoms with van der Waals surface area (Å²) >= 11 is 0. The summed E-state index contributed by atoms with van der Waals surface area (Å²) in [6.07, 6.45) is 6.55. The van der Waals surface area contributed by atoms with Crippen molar-refractivity contribution in [3.8, 4) is 5.88 Å². The van der Waals surface area contributed by atoms with Crippen LogP contribution in [-0.4, -0.2) is 24.2 Å². The molecule has 0 radical (unpaired) electrons. The van der Waals surface area contributed by atoms with Crippen LogP contribution in [0.3, 0.4) is 0 Å².